The molecule has 4 N–H and O–H groups in total. The lowest BCUT2D eigenvalue weighted by atomic mass is 10.2. The zero-order valence-electron chi connectivity index (χ0n) is 7.16. The molecule has 6 heteroatoms. The first-order chi connectivity index (χ1) is 6.72. The second-order valence-corrected chi connectivity index (χ2v) is 3.11. The van der Waals surface area contributed by atoms with Gasteiger partial charge in [-0.15, -0.1) is 0 Å². The number of hydrazone groups is 1. The van der Waals surface area contributed by atoms with Gasteiger partial charge in [0.1, 0.15) is 5.84 Å². The fourth-order valence-electron chi connectivity index (χ4n) is 1.19. The van der Waals surface area contributed by atoms with Crippen molar-refractivity contribution in [1.29, 1.82) is 0 Å². The van der Waals surface area contributed by atoms with Crippen LogP contribution in [0.3, 0.4) is 0 Å². The van der Waals surface area contributed by atoms with Crippen molar-refractivity contribution in [3.8, 4) is 11.5 Å². The van der Waals surface area contributed by atoms with Crippen molar-refractivity contribution in [1.82, 2.24) is 0 Å². The molecule has 1 aromatic rings. The van der Waals surface area contributed by atoms with Gasteiger partial charge in [-0.2, -0.15) is 5.10 Å². The molecule has 14 heavy (non-hydrogen) atoms. The maximum atomic E-state index is 5.92. The molecule has 0 aliphatic carbocycles. The second kappa shape index (κ2) is 3.26. The van der Waals surface area contributed by atoms with Crippen molar-refractivity contribution in [3.63, 3.8) is 0 Å². The number of rotatable bonds is 1. The van der Waals surface area contributed by atoms with E-state index < -0.39 is 0 Å². The zero-order valence-corrected chi connectivity index (χ0v) is 7.91. The van der Waals surface area contributed by atoms with E-state index in [1.54, 1.807) is 12.1 Å². The summed E-state index contributed by atoms with van der Waals surface area (Å²) in [5.41, 5.74) is 6.14. The minimum absolute atomic E-state index is 0.165. The number of nitrogens with zero attached hydrogens (tertiary/aromatic N) is 1. The van der Waals surface area contributed by atoms with E-state index in [0.717, 1.165) is 0 Å². The third kappa shape index (κ3) is 1.31. The van der Waals surface area contributed by atoms with E-state index in [4.69, 9.17) is 32.7 Å². The molecule has 0 radical (unpaired) electrons. The zero-order chi connectivity index (χ0) is 10.1. The summed E-state index contributed by atoms with van der Waals surface area (Å²) in [6, 6.07) is 3.31. The minimum atomic E-state index is 0.165. The van der Waals surface area contributed by atoms with E-state index >= 15 is 0 Å². The Hall–Kier alpha value is -1.62. The van der Waals surface area contributed by atoms with Crippen LogP contribution in [-0.4, -0.2) is 12.6 Å². The van der Waals surface area contributed by atoms with Crippen LogP contribution in [0.1, 0.15) is 5.56 Å². The Morgan fingerprint density at radius 3 is 2.93 bits per heavy atom. The maximum Gasteiger partial charge on any atom is 0.231 e. The first-order valence-corrected chi connectivity index (χ1v) is 4.23. The molecule has 0 fully saturated rings. The van der Waals surface area contributed by atoms with E-state index in [0.29, 0.717) is 22.1 Å². The van der Waals surface area contributed by atoms with Crippen LogP contribution in [0.4, 0.5) is 0 Å². The molecule has 1 aliphatic heterocycles. The lowest BCUT2D eigenvalue weighted by Gasteiger charge is -2.03. The van der Waals surface area contributed by atoms with Gasteiger partial charge in [0.2, 0.25) is 6.79 Å². The number of amidine groups is 1. The van der Waals surface area contributed by atoms with Crippen LogP contribution in [0.5, 0.6) is 11.5 Å². The Bertz CT molecular complexity index is 406. The summed E-state index contributed by atoms with van der Waals surface area (Å²) in [5.74, 6) is 6.33. The molecule has 1 aromatic carbocycles. The van der Waals surface area contributed by atoms with Gasteiger partial charge in [0, 0.05) is 5.56 Å². The summed E-state index contributed by atoms with van der Waals surface area (Å²) in [7, 11) is 0. The molecule has 0 saturated carbocycles. The van der Waals surface area contributed by atoms with Gasteiger partial charge < -0.3 is 21.1 Å². The Labute approximate surface area is 85.2 Å². The fourth-order valence-corrected chi connectivity index (χ4v) is 1.46. The topological polar surface area (TPSA) is 82.9 Å². The standard InChI is InChI=1S/C8H8ClN3O2/c9-5-1-4(8(10)12-11)2-6-7(5)14-3-13-6/h1-2H,3,11H2,(H2,10,12). The van der Waals surface area contributed by atoms with Crippen LogP contribution in [0.2, 0.25) is 5.02 Å². The van der Waals surface area contributed by atoms with Crippen molar-refractivity contribution in [3.05, 3.63) is 22.7 Å². The second-order valence-electron chi connectivity index (χ2n) is 2.71. The van der Waals surface area contributed by atoms with E-state index in [1.165, 1.54) is 0 Å². The summed E-state index contributed by atoms with van der Waals surface area (Å²) < 4.78 is 10.3. The highest BCUT2D eigenvalue weighted by Crippen LogP contribution is 2.39. The molecule has 0 spiro atoms. The number of fused-ring (bicyclic) bond motifs is 1. The molecule has 0 bridgehead atoms. The quantitative estimate of drug-likeness (QED) is 0.311. The number of benzene rings is 1. The number of hydrogen-bond acceptors (Lipinski definition) is 4. The summed E-state index contributed by atoms with van der Waals surface area (Å²) in [4.78, 5) is 0. The highest BCUT2D eigenvalue weighted by molar-refractivity contribution is 6.32. The number of nitrogens with two attached hydrogens (primary N) is 2. The number of halogens is 1. The van der Waals surface area contributed by atoms with Crippen LogP contribution in [0.25, 0.3) is 0 Å². The molecule has 5 nitrogen and oxygen atoms in total. The van der Waals surface area contributed by atoms with E-state index in [9.17, 15) is 0 Å². The first kappa shape index (κ1) is 8.96. The van der Waals surface area contributed by atoms with Crippen LogP contribution in [0, 0.1) is 0 Å². The van der Waals surface area contributed by atoms with Gasteiger partial charge in [0.15, 0.2) is 11.5 Å². The molecule has 0 atom stereocenters. The lowest BCUT2D eigenvalue weighted by molar-refractivity contribution is 0.174. The molecule has 0 amide bonds. The molecule has 1 heterocycles. The summed E-state index contributed by atoms with van der Waals surface area (Å²) in [6.45, 7) is 0.165. The van der Waals surface area contributed by atoms with E-state index in [2.05, 4.69) is 5.10 Å². The average molecular weight is 214 g/mol. The van der Waals surface area contributed by atoms with Gasteiger partial charge in [-0.25, -0.2) is 0 Å². The summed E-state index contributed by atoms with van der Waals surface area (Å²) in [6.07, 6.45) is 0. The first-order valence-electron chi connectivity index (χ1n) is 3.85. The monoisotopic (exact) mass is 213 g/mol. The molecule has 74 valence electrons. The maximum absolute atomic E-state index is 5.92. The van der Waals surface area contributed by atoms with Crippen LogP contribution in [0.15, 0.2) is 17.2 Å². The highest BCUT2D eigenvalue weighted by Gasteiger charge is 2.19. The van der Waals surface area contributed by atoms with Gasteiger partial charge >= 0.3 is 0 Å². The smallest absolute Gasteiger partial charge is 0.231 e. The van der Waals surface area contributed by atoms with E-state index in [1.807, 2.05) is 0 Å². The predicted molar refractivity (Wildman–Crippen MR) is 52.5 cm³/mol. The van der Waals surface area contributed by atoms with Crippen LogP contribution < -0.4 is 21.1 Å². The molecular formula is C8H8ClN3O2. The molecule has 0 saturated heterocycles. The Balaban J connectivity index is 2.52. The average Bonchev–Trinajstić information content (AvgIpc) is 2.64. The van der Waals surface area contributed by atoms with Gasteiger partial charge in [0.05, 0.1) is 5.02 Å². The van der Waals surface area contributed by atoms with Gasteiger partial charge in [-0.1, -0.05) is 11.6 Å². The van der Waals surface area contributed by atoms with Crippen molar-refractivity contribution >= 4 is 17.4 Å². The minimum Gasteiger partial charge on any atom is -0.454 e. The van der Waals surface area contributed by atoms with Crippen molar-refractivity contribution in [2.45, 2.75) is 0 Å². The van der Waals surface area contributed by atoms with Crippen molar-refractivity contribution in [2.75, 3.05) is 6.79 Å². The number of ether oxygens (including phenoxy) is 2. The SMILES string of the molecule is N/N=C(/N)c1cc(Cl)c2c(c1)OCO2. The van der Waals surface area contributed by atoms with Gasteiger partial charge in [-0.3, -0.25) is 0 Å². The highest BCUT2D eigenvalue weighted by atomic mass is 35.5. The van der Waals surface area contributed by atoms with Crippen molar-refractivity contribution < 1.29 is 9.47 Å². The Kier molecular flexibility index (Phi) is 2.09. The molecule has 1 aliphatic rings. The largest absolute Gasteiger partial charge is 0.454 e. The normalized spacial score (nSPS) is 14.5. The fraction of sp³-hybridized carbons (Fsp3) is 0.125. The van der Waals surface area contributed by atoms with Crippen LogP contribution >= 0.6 is 11.6 Å². The Morgan fingerprint density at radius 1 is 1.43 bits per heavy atom. The molecule has 0 aromatic heterocycles. The number of hydrogen-bond donors (Lipinski definition) is 2. The lowest BCUT2D eigenvalue weighted by Crippen LogP contribution is -2.15. The summed E-state index contributed by atoms with van der Waals surface area (Å²) in [5, 5.41) is 3.80. The summed E-state index contributed by atoms with van der Waals surface area (Å²) >= 11 is 5.92. The van der Waals surface area contributed by atoms with Gasteiger partial charge in [0.25, 0.3) is 0 Å². The van der Waals surface area contributed by atoms with Crippen molar-refractivity contribution in [2.24, 2.45) is 16.7 Å². The van der Waals surface area contributed by atoms with E-state index in [-0.39, 0.29) is 12.6 Å². The molecule has 0 unspecified atom stereocenters. The molecule has 2 rings (SSSR count). The molecular weight excluding hydrogens is 206 g/mol. The third-order valence-electron chi connectivity index (χ3n) is 1.86. The third-order valence-corrected chi connectivity index (χ3v) is 2.14. The Morgan fingerprint density at radius 2 is 2.21 bits per heavy atom. The van der Waals surface area contributed by atoms with Gasteiger partial charge in [-0.05, 0) is 12.1 Å². The predicted octanol–water partition coefficient (Wildman–Crippen LogP) is 0.648. The van der Waals surface area contributed by atoms with Crippen LogP contribution in [-0.2, 0) is 0 Å².